The molecule has 3 N–H and O–H groups in total. The molecule has 1 heterocycles. The predicted octanol–water partition coefficient (Wildman–Crippen LogP) is 1.68. The number of anilines is 1. The van der Waals surface area contributed by atoms with Gasteiger partial charge in [-0.05, 0) is 30.7 Å². The number of amides is 1. The van der Waals surface area contributed by atoms with Crippen LogP contribution in [0, 0.1) is 18.3 Å². The van der Waals surface area contributed by atoms with Crippen molar-refractivity contribution in [3.8, 4) is 6.07 Å². The Kier molecular flexibility index (Phi) is 6.79. The first-order valence-corrected chi connectivity index (χ1v) is 8.69. The highest BCUT2D eigenvalue weighted by Gasteiger charge is 2.23. The standard InChI is InChI=1S/C17H22BrN5O/c1-13-10-15(2-3-16(13)18)21-12-14(11-20)17(24)23-8-6-22(5-4-19)7-9-23/h2-3,10,12,21H,4-9,19H2,1H3/b14-12-. The highest BCUT2D eigenvalue weighted by atomic mass is 79.9. The minimum absolute atomic E-state index is 0.114. The summed E-state index contributed by atoms with van der Waals surface area (Å²) in [5.74, 6) is -0.230. The van der Waals surface area contributed by atoms with Gasteiger partial charge in [-0.15, -0.1) is 0 Å². The molecule has 1 saturated heterocycles. The molecule has 1 fully saturated rings. The summed E-state index contributed by atoms with van der Waals surface area (Å²) in [6, 6.07) is 7.76. The second-order valence-electron chi connectivity index (χ2n) is 5.70. The first-order chi connectivity index (χ1) is 11.5. The molecule has 0 aliphatic carbocycles. The number of hydrogen-bond donors (Lipinski definition) is 2. The Balaban J connectivity index is 1.98. The van der Waals surface area contributed by atoms with Crippen LogP contribution in [0.2, 0.25) is 0 Å². The molecule has 0 radical (unpaired) electrons. The topological polar surface area (TPSA) is 85.4 Å². The van der Waals surface area contributed by atoms with Crippen molar-refractivity contribution in [2.24, 2.45) is 5.73 Å². The molecule has 7 heteroatoms. The maximum Gasteiger partial charge on any atom is 0.266 e. The van der Waals surface area contributed by atoms with Gasteiger partial charge in [-0.1, -0.05) is 15.9 Å². The molecule has 0 aromatic heterocycles. The highest BCUT2D eigenvalue weighted by molar-refractivity contribution is 9.10. The minimum Gasteiger partial charge on any atom is -0.360 e. The predicted molar refractivity (Wildman–Crippen MR) is 98.3 cm³/mol. The van der Waals surface area contributed by atoms with E-state index in [4.69, 9.17) is 5.73 Å². The Labute approximate surface area is 151 Å². The van der Waals surface area contributed by atoms with E-state index in [1.807, 2.05) is 31.2 Å². The van der Waals surface area contributed by atoms with Gasteiger partial charge in [0.1, 0.15) is 11.6 Å². The van der Waals surface area contributed by atoms with Crippen molar-refractivity contribution < 1.29 is 4.79 Å². The monoisotopic (exact) mass is 391 g/mol. The zero-order valence-electron chi connectivity index (χ0n) is 13.8. The summed E-state index contributed by atoms with van der Waals surface area (Å²) in [5, 5.41) is 12.3. The molecule has 0 atom stereocenters. The number of rotatable bonds is 5. The number of nitriles is 1. The van der Waals surface area contributed by atoms with Crippen LogP contribution in [0.1, 0.15) is 5.56 Å². The fourth-order valence-electron chi connectivity index (χ4n) is 2.56. The van der Waals surface area contributed by atoms with Gasteiger partial charge in [0.15, 0.2) is 0 Å². The zero-order valence-corrected chi connectivity index (χ0v) is 15.3. The molecule has 128 valence electrons. The summed E-state index contributed by atoms with van der Waals surface area (Å²) in [4.78, 5) is 16.4. The molecule has 1 aromatic rings. The van der Waals surface area contributed by atoms with Crippen LogP contribution in [0.15, 0.2) is 34.4 Å². The van der Waals surface area contributed by atoms with E-state index in [0.717, 1.165) is 35.4 Å². The lowest BCUT2D eigenvalue weighted by atomic mass is 10.2. The summed E-state index contributed by atoms with van der Waals surface area (Å²) in [7, 11) is 0. The van der Waals surface area contributed by atoms with Crippen molar-refractivity contribution in [3.05, 3.63) is 40.0 Å². The normalized spacial score (nSPS) is 15.9. The van der Waals surface area contributed by atoms with Gasteiger partial charge in [0.2, 0.25) is 0 Å². The number of halogens is 1. The largest absolute Gasteiger partial charge is 0.360 e. The molecule has 1 aliphatic heterocycles. The Morgan fingerprint density at radius 3 is 2.71 bits per heavy atom. The lowest BCUT2D eigenvalue weighted by Gasteiger charge is -2.34. The van der Waals surface area contributed by atoms with E-state index in [2.05, 4.69) is 26.1 Å². The number of carbonyl (C=O) groups is 1. The summed E-state index contributed by atoms with van der Waals surface area (Å²) >= 11 is 3.45. The van der Waals surface area contributed by atoms with Crippen LogP contribution in [0.5, 0.6) is 0 Å². The van der Waals surface area contributed by atoms with E-state index in [0.29, 0.717) is 19.6 Å². The molecule has 1 amide bonds. The molecule has 2 rings (SSSR count). The van der Waals surface area contributed by atoms with E-state index < -0.39 is 0 Å². The Morgan fingerprint density at radius 2 is 2.12 bits per heavy atom. The van der Waals surface area contributed by atoms with Crippen LogP contribution in [0.4, 0.5) is 5.69 Å². The minimum atomic E-state index is -0.230. The zero-order chi connectivity index (χ0) is 17.5. The number of hydrogen-bond acceptors (Lipinski definition) is 5. The number of benzene rings is 1. The van der Waals surface area contributed by atoms with Crippen molar-refractivity contribution in [1.29, 1.82) is 5.26 Å². The smallest absolute Gasteiger partial charge is 0.266 e. The van der Waals surface area contributed by atoms with Crippen LogP contribution in [-0.2, 0) is 4.79 Å². The van der Waals surface area contributed by atoms with Crippen molar-refractivity contribution in [2.75, 3.05) is 44.6 Å². The average Bonchev–Trinajstić information content (AvgIpc) is 2.59. The van der Waals surface area contributed by atoms with Gasteiger partial charge in [-0.3, -0.25) is 9.69 Å². The number of piperazine rings is 1. The van der Waals surface area contributed by atoms with Crippen LogP contribution in [0.25, 0.3) is 0 Å². The van der Waals surface area contributed by atoms with Gasteiger partial charge in [0.25, 0.3) is 5.91 Å². The van der Waals surface area contributed by atoms with Gasteiger partial charge in [0, 0.05) is 55.6 Å². The van der Waals surface area contributed by atoms with Crippen molar-refractivity contribution >= 4 is 27.5 Å². The molecule has 0 spiro atoms. The lowest BCUT2D eigenvalue weighted by Crippen LogP contribution is -2.50. The van der Waals surface area contributed by atoms with Gasteiger partial charge >= 0.3 is 0 Å². The molecule has 0 bridgehead atoms. The molecule has 0 saturated carbocycles. The third-order valence-corrected chi connectivity index (χ3v) is 4.89. The fraction of sp³-hybridized carbons (Fsp3) is 0.412. The third kappa shape index (κ3) is 4.81. The van der Waals surface area contributed by atoms with E-state index in [1.165, 1.54) is 6.20 Å². The Bertz CT molecular complexity index is 659. The number of nitrogens with one attached hydrogen (secondary N) is 1. The van der Waals surface area contributed by atoms with Crippen LogP contribution in [0.3, 0.4) is 0 Å². The van der Waals surface area contributed by atoms with E-state index in [9.17, 15) is 10.1 Å². The molecule has 1 aliphatic rings. The maximum atomic E-state index is 12.5. The molecule has 24 heavy (non-hydrogen) atoms. The van der Waals surface area contributed by atoms with E-state index in [-0.39, 0.29) is 11.5 Å². The number of carbonyl (C=O) groups excluding carboxylic acids is 1. The van der Waals surface area contributed by atoms with E-state index in [1.54, 1.807) is 4.90 Å². The molecule has 6 nitrogen and oxygen atoms in total. The lowest BCUT2D eigenvalue weighted by molar-refractivity contribution is -0.128. The first-order valence-electron chi connectivity index (χ1n) is 7.90. The Hall–Kier alpha value is -1.88. The maximum absolute atomic E-state index is 12.5. The van der Waals surface area contributed by atoms with Gasteiger partial charge in [-0.25, -0.2) is 0 Å². The van der Waals surface area contributed by atoms with Crippen LogP contribution < -0.4 is 11.1 Å². The van der Waals surface area contributed by atoms with Gasteiger partial charge in [0.05, 0.1) is 0 Å². The highest BCUT2D eigenvalue weighted by Crippen LogP contribution is 2.20. The third-order valence-electron chi connectivity index (χ3n) is 4.00. The molecular weight excluding hydrogens is 370 g/mol. The summed E-state index contributed by atoms with van der Waals surface area (Å²) in [6.07, 6.45) is 1.48. The summed E-state index contributed by atoms with van der Waals surface area (Å²) in [5.41, 5.74) is 7.58. The average molecular weight is 392 g/mol. The van der Waals surface area contributed by atoms with Crippen LogP contribution in [-0.4, -0.2) is 55.0 Å². The van der Waals surface area contributed by atoms with Crippen molar-refractivity contribution in [3.63, 3.8) is 0 Å². The van der Waals surface area contributed by atoms with E-state index >= 15 is 0 Å². The number of nitrogens with two attached hydrogens (primary N) is 1. The fourth-order valence-corrected chi connectivity index (χ4v) is 2.81. The second-order valence-corrected chi connectivity index (χ2v) is 6.55. The SMILES string of the molecule is Cc1cc(N/C=C(/C#N)C(=O)N2CCN(CCN)CC2)ccc1Br. The number of nitrogens with zero attached hydrogens (tertiary/aromatic N) is 3. The molecule has 1 aromatic carbocycles. The summed E-state index contributed by atoms with van der Waals surface area (Å²) < 4.78 is 1.02. The van der Waals surface area contributed by atoms with Gasteiger partial charge in [-0.2, -0.15) is 5.26 Å². The van der Waals surface area contributed by atoms with Gasteiger partial charge < -0.3 is 16.0 Å². The molecule has 0 unspecified atom stereocenters. The first kappa shape index (κ1) is 18.5. The number of aryl methyl sites for hydroxylation is 1. The second kappa shape index (κ2) is 8.83. The Morgan fingerprint density at radius 1 is 1.42 bits per heavy atom. The summed E-state index contributed by atoms with van der Waals surface area (Å²) in [6.45, 7) is 6.27. The molecular formula is C17H22BrN5O. The van der Waals surface area contributed by atoms with Crippen LogP contribution >= 0.6 is 15.9 Å². The quantitative estimate of drug-likeness (QED) is 0.588. The van der Waals surface area contributed by atoms with Crippen molar-refractivity contribution in [1.82, 2.24) is 9.80 Å². The van der Waals surface area contributed by atoms with Crippen molar-refractivity contribution in [2.45, 2.75) is 6.92 Å².